The third kappa shape index (κ3) is 3.13. The quantitative estimate of drug-likeness (QED) is 0.851. The Labute approximate surface area is 130 Å². The first kappa shape index (κ1) is 14.2. The summed E-state index contributed by atoms with van der Waals surface area (Å²) in [7, 11) is 0. The molecule has 1 aliphatic heterocycles. The van der Waals surface area contributed by atoms with Crippen molar-refractivity contribution in [1.82, 2.24) is 4.90 Å². The van der Waals surface area contributed by atoms with Crippen LogP contribution in [-0.4, -0.2) is 21.5 Å². The van der Waals surface area contributed by atoms with Crippen molar-refractivity contribution in [2.75, 3.05) is 6.54 Å². The third-order valence-corrected chi connectivity index (χ3v) is 4.15. The van der Waals surface area contributed by atoms with Gasteiger partial charge in [-0.2, -0.15) is 0 Å². The van der Waals surface area contributed by atoms with E-state index in [0.717, 1.165) is 24.2 Å². The van der Waals surface area contributed by atoms with Crippen LogP contribution >= 0.6 is 12.2 Å². The zero-order valence-electron chi connectivity index (χ0n) is 11.7. The number of benzene rings is 2. The van der Waals surface area contributed by atoms with E-state index in [0.29, 0.717) is 11.5 Å². The van der Waals surface area contributed by atoms with Crippen molar-refractivity contribution in [1.29, 1.82) is 0 Å². The molecule has 1 aliphatic rings. The summed E-state index contributed by atoms with van der Waals surface area (Å²) in [5.74, 6) is 0. The van der Waals surface area contributed by atoms with Gasteiger partial charge in [-0.3, -0.25) is 4.90 Å². The summed E-state index contributed by atoms with van der Waals surface area (Å²) in [5.41, 5.74) is 10.0. The summed E-state index contributed by atoms with van der Waals surface area (Å²) in [4.78, 5) is 2.64. The van der Waals surface area contributed by atoms with Crippen LogP contribution in [0.4, 0.5) is 0 Å². The summed E-state index contributed by atoms with van der Waals surface area (Å²) in [6.45, 7) is 2.43. The molecule has 0 amide bonds. The molecule has 21 heavy (non-hydrogen) atoms. The minimum absolute atomic E-state index is 0.381. The van der Waals surface area contributed by atoms with Crippen molar-refractivity contribution in [3.63, 3.8) is 0 Å². The summed E-state index contributed by atoms with van der Waals surface area (Å²) in [6.07, 6.45) is -0.500. The molecule has 0 fully saturated rings. The van der Waals surface area contributed by atoms with Crippen LogP contribution in [-0.2, 0) is 13.1 Å². The molecule has 0 bridgehead atoms. The smallest absolute Gasteiger partial charge is 0.103 e. The van der Waals surface area contributed by atoms with Gasteiger partial charge >= 0.3 is 0 Å². The highest BCUT2D eigenvalue weighted by molar-refractivity contribution is 7.80. The van der Waals surface area contributed by atoms with Gasteiger partial charge in [0, 0.05) is 25.2 Å². The number of β-amino-alcohol motifs (C(OH)–C–C–N with tert-alkyl or cyclic N) is 1. The Bertz CT molecular complexity index is 629. The van der Waals surface area contributed by atoms with Gasteiger partial charge in [-0.1, -0.05) is 60.7 Å². The van der Waals surface area contributed by atoms with Crippen LogP contribution in [0.3, 0.4) is 0 Å². The maximum atomic E-state index is 10.4. The monoisotopic (exact) mass is 298 g/mol. The lowest BCUT2D eigenvalue weighted by Gasteiger charge is -2.20. The van der Waals surface area contributed by atoms with E-state index in [9.17, 15) is 5.11 Å². The summed E-state index contributed by atoms with van der Waals surface area (Å²) in [6, 6.07) is 15.9. The number of rotatable bonds is 4. The second kappa shape index (κ2) is 5.93. The molecule has 0 aliphatic carbocycles. The lowest BCUT2D eigenvalue weighted by atomic mass is 10.1. The fraction of sp³-hybridized carbons (Fsp3) is 0.235. The lowest BCUT2D eigenvalue weighted by molar-refractivity contribution is 0.112. The van der Waals surface area contributed by atoms with Gasteiger partial charge in [0.25, 0.3) is 0 Å². The normalized spacial score (nSPS) is 15.7. The average molecular weight is 298 g/mol. The van der Waals surface area contributed by atoms with Crippen LogP contribution in [0, 0.1) is 0 Å². The average Bonchev–Trinajstić information content (AvgIpc) is 2.89. The first-order valence-corrected chi connectivity index (χ1v) is 7.41. The number of thiocarbonyl (C=S) groups is 1. The number of fused-ring (bicyclic) bond motifs is 1. The molecule has 0 saturated heterocycles. The van der Waals surface area contributed by atoms with Crippen molar-refractivity contribution in [2.45, 2.75) is 19.2 Å². The second-order valence-electron chi connectivity index (χ2n) is 5.44. The summed E-state index contributed by atoms with van der Waals surface area (Å²) in [5, 5.41) is 10.4. The fourth-order valence-electron chi connectivity index (χ4n) is 2.75. The molecule has 0 aromatic heterocycles. The molecule has 4 heteroatoms. The predicted octanol–water partition coefficient (Wildman–Crippen LogP) is 2.37. The van der Waals surface area contributed by atoms with Gasteiger partial charge in [0.05, 0.1) is 6.10 Å². The molecule has 0 saturated carbocycles. The fourth-order valence-corrected chi connectivity index (χ4v) is 2.89. The van der Waals surface area contributed by atoms with Crippen molar-refractivity contribution >= 4 is 17.2 Å². The Morgan fingerprint density at radius 1 is 1.10 bits per heavy atom. The molecule has 3 rings (SSSR count). The highest BCUT2D eigenvalue weighted by Gasteiger charge is 2.21. The number of aliphatic hydroxyl groups is 1. The summed E-state index contributed by atoms with van der Waals surface area (Å²) < 4.78 is 0. The molecule has 0 radical (unpaired) electrons. The first-order valence-electron chi connectivity index (χ1n) is 7.00. The molecular formula is C17H18N2OS. The Hall–Kier alpha value is -1.75. The molecule has 1 heterocycles. The third-order valence-electron chi connectivity index (χ3n) is 3.92. The largest absolute Gasteiger partial charge is 0.389 e. The van der Waals surface area contributed by atoms with Crippen LogP contribution in [0.2, 0.25) is 0 Å². The molecule has 2 aromatic rings. The SMILES string of the molecule is NC(=S)c1ccc(C(O)CN2Cc3ccccc3C2)cc1. The summed E-state index contributed by atoms with van der Waals surface area (Å²) >= 11 is 4.93. The van der Waals surface area contributed by atoms with Crippen LogP contribution in [0.25, 0.3) is 0 Å². The van der Waals surface area contributed by atoms with Crippen LogP contribution < -0.4 is 5.73 Å². The standard InChI is InChI=1S/C17H18N2OS/c18-17(21)13-7-5-12(6-8-13)16(20)11-19-9-14-3-1-2-4-15(14)10-19/h1-8,16,20H,9-11H2,(H2,18,21). The van der Waals surface area contributed by atoms with E-state index >= 15 is 0 Å². The van der Waals surface area contributed by atoms with Gasteiger partial charge in [-0.05, 0) is 16.7 Å². The van der Waals surface area contributed by atoms with Gasteiger partial charge in [-0.15, -0.1) is 0 Å². The number of hydrogen-bond acceptors (Lipinski definition) is 3. The van der Waals surface area contributed by atoms with E-state index in [1.54, 1.807) is 0 Å². The molecule has 3 nitrogen and oxygen atoms in total. The maximum absolute atomic E-state index is 10.4. The van der Waals surface area contributed by atoms with Crippen LogP contribution in [0.1, 0.15) is 28.4 Å². The highest BCUT2D eigenvalue weighted by Crippen LogP contribution is 2.25. The maximum Gasteiger partial charge on any atom is 0.103 e. The minimum atomic E-state index is -0.500. The van der Waals surface area contributed by atoms with E-state index in [4.69, 9.17) is 18.0 Å². The molecule has 0 spiro atoms. The van der Waals surface area contributed by atoms with E-state index < -0.39 is 6.10 Å². The van der Waals surface area contributed by atoms with Crippen LogP contribution in [0.5, 0.6) is 0 Å². The number of nitrogens with zero attached hydrogens (tertiary/aromatic N) is 1. The Balaban J connectivity index is 1.65. The number of hydrogen-bond donors (Lipinski definition) is 2. The van der Waals surface area contributed by atoms with Gasteiger partial charge in [-0.25, -0.2) is 0 Å². The first-order chi connectivity index (χ1) is 10.1. The molecule has 1 unspecified atom stereocenters. The van der Waals surface area contributed by atoms with Crippen molar-refractivity contribution in [2.24, 2.45) is 5.73 Å². The molecule has 2 aromatic carbocycles. The van der Waals surface area contributed by atoms with Crippen molar-refractivity contribution in [3.05, 3.63) is 70.8 Å². The van der Waals surface area contributed by atoms with Crippen molar-refractivity contribution in [3.8, 4) is 0 Å². The molecule has 3 N–H and O–H groups in total. The van der Waals surface area contributed by atoms with Gasteiger partial charge in [0.2, 0.25) is 0 Å². The second-order valence-corrected chi connectivity index (χ2v) is 5.88. The van der Waals surface area contributed by atoms with E-state index in [-0.39, 0.29) is 0 Å². The number of aliphatic hydroxyl groups excluding tert-OH is 1. The Morgan fingerprint density at radius 2 is 1.67 bits per heavy atom. The Kier molecular flexibility index (Phi) is 4.01. The molecule has 1 atom stereocenters. The van der Waals surface area contributed by atoms with Gasteiger partial charge < -0.3 is 10.8 Å². The van der Waals surface area contributed by atoms with E-state index in [1.807, 2.05) is 24.3 Å². The molecular weight excluding hydrogens is 280 g/mol. The van der Waals surface area contributed by atoms with Crippen molar-refractivity contribution < 1.29 is 5.11 Å². The lowest BCUT2D eigenvalue weighted by Crippen LogP contribution is -2.23. The number of nitrogens with two attached hydrogens (primary N) is 1. The predicted molar refractivity (Wildman–Crippen MR) is 87.8 cm³/mol. The van der Waals surface area contributed by atoms with E-state index in [1.165, 1.54) is 11.1 Å². The zero-order chi connectivity index (χ0) is 14.8. The topological polar surface area (TPSA) is 49.5 Å². The Morgan fingerprint density at radius 3 is 2.19 bits per heavy atom. The molecule has 108 valence electrons. The van der Waals surface area contributed by atoms with Gasteiger partial charge in [0.15, 0.2) is 0 Å². The zero-order valence-corrected chi connectivity index (χ0v) is 12.5. The minimum Gasteiger partial charge on any atom is -0.389 e. The van der Waals surface area contributed by atoms with Crippen LogP contribution in [0.15, 0.2) is 48.5 Å². The van der Waals surface area contributed by atoms with E-state index in [2.05, 4.69) is 29.2 Å². The highest BCUT2D eigenvalue weighted by atomic mass is 32.1. The van der Waals surface area contributed by atoms with Gasteiger partial charge in [0.1, 0.15) is 4.99 Å².